The van der Waals surface area contributed by atoms with E-state index in [0.29, 0.717) is 12.3 Å². The second-order valence-electron chi connectivity index (χ2n) is 4.95. The zero-order valence-corrected chi connectivity index (χ0v) is 12.0. The maximum Gasteiger partial charge on any atom is 0.217 e. The monoisotopic (exact) mass is 270 g/mol. The summed E-state index contributed by atoms with van der Waals surface area (Å²) in [6.45, 7) is 3.43. The van der Waals surface area contributed by atoms with Crippen molar-refractivity contribution in [1.82, 2.24) is 10.2 Å². The van der Waals surface area contributed by atoms with Gasteiger partial charge in [0.05, 0.1) is 0 Å². The van der Waals surface area contributed by atoms with Gasteiger partial charge in [0.15, 0.2) is 5.96 Å². The van der Waals surface area contributed by atoms with Crippen molar-refractivity contribution in [3.8, 4) is 0 Å². The second kappa shape index (κ2) is 8.74. The van der Waals surface area contributed by atoms with E-state index in [-0.39, 0.29) is 5.91 Å². The maximum atomic E-state index is 11.0. The molecule has 0 aliphatic carbocycles. The van der Waals surface area contributed by atoms with Crippen molar-refractivity contribution < 1.29 is 9.53 Å². The molecule has 1 aliphatic heterocycles. The van der Waals surface area contributed by atoms with Crippen LogP contribution in [0.3, 0.4) is 0 Å². The number of hydrogen-bond donors (Lipinski definition) is 2. The highest BCUT2D eigenvalue weighted by atomic mass is 16.5. The number of nitrogens with two attached hydrogens (primary N) is 1. The molecule has 1 aliphatic rings. The number of rotatable bonds is 6. The van der Waals surface area contributed by atoms with E-state index in [1.165, 1.54) is 0 Å². The van der Waals surface area contributed by atoms with Crippen LogP contribution in [0.4, 0.5) is 0 Å². The summed E-state index contributed by atoms with van der Waals surface area (Å²) < 4.78 is 5.02. The van der Waals surface area contributed by atoms with Crippen LogP contribution in [0.15, 0.2) is 4.99 Å². The number of nitrogens with one attached hydrogen (secondary N) is 1. The standard InChI is InChI=1S/C13H26N4O2/c1-15-13(16-6-4-8-19-2)17-7-3-5-11(10-17)9-12(14)18/h11H,3-10H2,1-2H3,(H2,14,18)(H,15,16). The molecule has 1 unspecified atom stereocenters. The number of amides is 1. The van der Waals surface area contributed by atoms with E-state index in [0.717, 1.165) is 51.5 Å². The Kier molecular flexibility index (Phi) is 7.25. The average Bonchev–Trinajstić information content (AvgIpc) is 2.38. The molecule has 6 nitrogen and oxygen atoms in total. The van der Waals surface area contributed by atoms with Gasteiger partial charge in [-0.15, -0.1) is 0 Å². The molecule has 1 atom stereocenters. The lowest BCUT2D eigenvalue weighted by Gasteiger charge is -2.34. The number of piperidine rings is 1. The number of primary amides is 1. The summed E-state index contributed by atoms with van der Waals surface area (Å²) >= 11 is 0. The normalized spacial score (nSPS) is 20.4. The fourth-order valence-electron chi connectivity index (χ4n) is 2.46. The van der Waals surface area contributed by atoms with Crippen LogP contribution in [-0.2, 0) is 9.53 Å². The highest BCUT2D eigenvalue weighted by Gasteiger charge is 2.23. The van der Waals surface area contributed by atoms with Crippen molar-refractivity contribution in [2.75, 3.05) is 40.4 Å². The number of hydrogen-bond acceptors (Lipinski definition) is 3. The van der Waals surface area contributed by atoms with Crippen molar-refractivity contribution in [3.63, 3.8) is 0 Å². The van der Waals surface area contributed by atoms with Crippen LogP contribution in [0.5, 0.6) is 0 Å². The molecular formula is C13H26N4O2. The Hall–Kier alpha value is -1.30. The number of carbonyl (C=O) groups excluding carboxylic acids is 1. The lowest BCUT2D eigenvalue weighted by Crippen LogP contribution is -2.47. The molecule has 0 radical (unpaired) electrons. The highest BCUT2D eigenvalue weighted by molar-refractivity contribution is 5.80. The second-order valence-corrected chi connectivity index (χ2v) is 4.95. The summed E-state index contributed by atoms with van der Waals surface area (Å²) in [6.07, 6.45) is 3.57. The van der Waals surface area contributed by atoms with Crippen molar-refractivity contribution in [2.24, 2.45) is 16.6 Å². The molecule has 0 bridgehead atoms. The molecule has 3 N–H and O–H groups in total. The number of ether oxygens (including phenoxy) is 1. The van der Waals surface area contributed by atoms with Gasteiger partial charge < -0.3 is 20.7 Å². The fraction of sp³-hybridized carbons (Fsp3) is 0.846. The van der Waals surface area contributed by atoms with Crippen LogP contribution in [0.1, 0.15) is 25.7 Å². The van der Waals surface area contributed by atoms with Crippen molar-refractivity contribution in [3.05, 3.63) is 0 Å². The summed E-state index contributed by atoms with van der Waals surface area (Å²) in [4.78, 5) is 17.5. The predicted octanol–water partition coefficient (Wildman–Crippen LogP) is 0.186. The molecule has 1 fully saturated rings. The largest absolute Gasteiger partial charge is 0.385 e. The van der Waals surface area contributed by atoms with Gasteiger partial charge in [-0.25, -0.2) is 0 Å². The Labute approximate surface area is 115 Å². The first-order valence-corrected chi connectivity index (χ1v) is 6.90. The number of methoxy groups -OCH3 is 1. The fourth-order valence-corrected chi connectivity index (χ4v) is 2.46. The van der Waals surface area contributed by atoms with Crippen LogP contribution in [0.25, 0.3) is 0 Å². The summed E-state index contributed by atoms with van der Waals surface area (Å²) in [6, 6.07) is 0. The predicted molar refractivity (Wildman–Crippen MR) is 76.0 cm³/mol. The van der Waals surface area contributed by atoms with E-state index in [2.05, 4.69) is 15.2 Å². The summed E-state index contributed by atoms with van der Waals surface area (Å²) in [7, 11) is 3.49. The minimum atomic E-state index is -0.213. The van der Waals surface area contributed by atoms with Crippen molar-refractivity contribution in [2.45, 2.75) is 25.7 Å². The van der Waals surface area contributed by atoms with Gasteiger partial charge in [0.25, 0.3) is 0 Å². The zero-order valence-electron chi connectivity index (χ0n) is 12.0. The number of likely N-dealkylation sites (tertiary alicyclic amines) is 1. The van der Waals surface area contributed by atoms with Gasteiger partial charge in [0, 0.05) is 46.8 Å². The molecule has 110 valence electrons. The molecule has 0 aromatic heterocycles. The number of carbonyl (C=O) groups is 1. The third-order valence-corrected chi connectivity index (χ3v) is 3.33. The van der Waals surface area contributed by atoms with Gasteiger partial charge >= 0.3 is 0 Å². The molecule has 0 aromatic rings. The van der Waals surface area contributed by atoms with Crippen LogP contribution in [0.2, 0.25) is 0 Å². The maximum absolute atomic E-state index is 11.0. The van der Waals surface area contributed by atoms with Crippen LogP contribution >= 0.6 is 0 Å². The SMILES string of the molecule is CN=C(NCCCOC)N1CCCC(CC(N)=O)C1. The van der Waals surface area contributed by atoms with Gasteiger partial charge in [-0.1, -0.05) is 0 Å². The third kappa shape index (κ3) is 5.92. The zero-order chi connectivity index (χ0) is 14.1. The molecule has 1 saturated heterocycles. The van der Waals surface area contributed by atoms with Crippen LogP contribution in [-0.4, -0.2) is 57.2 Å². The van der Waals surface area contributed by atoms with Crippen molar-refractivity contribution >= 4 is 11.9 Å². The van der Waals surface area contributed by atoms with E-state index in [1.807, 2.05) is 0 Å². The minimum absolute atomic E-state index is 0.213. The number of nitrogens with zero attached hydrogens (tertiary/aromatic N) is 2. The quantitative estimate of drug-likeness (QED) is 0.410. The first kappa shape index (κ1) is 15.8. The third-order valence-electron chi connectivity index (χ3n) is 3.33. The molecule has 1 rings (SSSR count). The van der Waals surface area contributed by atoms with E-state index in [4.69, 9.17) is 10.5 Å². The Bertz CT molecular complexity index is 307. The van der Waals surface area contributed by atoms with E-state index in [1.54, 1.807) is 14.2 Å². The molecule has 19 heavy (non-hydrogen) atoms. The van der Waals surface area contributed by atoms with Crippen LogP contribution < -0.4 is 11.1 Å². The molecular weight excluding hydrogens is 244 g/mol. The topological polar surface area (TPSA) is 80.0 Å². The minimum Gasteiger partial charge on any atom is -0.385 e. The van der Waals surface area contributed by atoms with Gasteiger partial charge in [-0.3, -0.25) is 9.79 Å². The Morgan fingerprint density at radius 2 is 2.37 bits per heavy atom. The first-order chi connectivity index (χ1) is 9.17. The summed E-state index contributed by atoms with van der Waals surface area (Å²) in [5.41, 5.74) is 5.27. The average molecular weight is 270 g/mol. The number of aliphatic imine (C=N–C) groups is 1. The summed E-state index contributed by atoms with van der Waals surface area (Å²) in [5.74, 6) is 1.05. The highest BCUT2D eigenvalue weighted by Crippen LogP contribution is 2.19. The van der Waals surface area contributed by atoms with Gasteiger partial charge in [-0.05, 0) is 25.2 Å². The molecule has 0 spiro atoms. The van der Waals surface area contributed by atoms with Gasteiger partial charge in [-0.2, -0.15) is 0 Å². The van der Waals surface area contributed by atoms with Gasteiger partial charge in [0.1, 0.15) is 0 Å². The summed E-state index contributed by atoms with van der Waals surface area (Å²) in [5, 5.41) is 3.33. The van der Waals surface area contributed by atoms with E-state index >= 15 is 0 Å². The van der Waals surface area contributed by atoms with Crippen molar-refractivity contribution in [1.29, 1.82) is 0 Å². The number of guanidine groups is 1. The molecule has 0 saturated carbocycles. The van der Waals surface area contributed by atoms with E-state index < -0.39 is 0 Å². The molecule has 0 aromatic carbocycles. The van der Waals surface area contributed by atoms with Crippen LogP contribution in [0, 0.1) is 5.92 Å². The molecule has 6 heteroatoms. The van der Waals surface area contributed by atoms with Gasteiger partial charge in [0.2, 0.25) is 5.91 Å². The van der Waals surface area contributed by atoms with E-state index in [9.17, 15) is 4.79 Å². The lowest BCUT2D eigenvalue weighted by atomic mass is 9.95. The molecule has 1 amide bonds. The first-order valence-electron chi connectivity index (χ1n) is 6.90. The molecule has 1 heterocycles. The Balaban J connectivity index is 2.40. The smallest absolute Gasteiger partial charge is 0.217 e. The lowest BCUT2D eigenvalue weighted by molar-refractivity contribution is -0.119. The Morgan fingerprint density at radius 1 is 1.58 bits per heavy atom. The Morgan fingerprint density at radius 3 is 3.00 bits per heavy atom.